The van der Waals surface area contributed by atoms with Crippen LogP contribution in [0.1, 0.15) is 32.6 Å². The molecule has 3 nitrogen and oxygen atoms in total. The summed E-state index contributed by atoms with van der Waals surface area (Å²) in [6.07, 6.45) is 4.22. The second kappa shape index (κ2) is 10.7. The standard InChI is InChI=1S/C15H23ClINO2/c1-2-3-4-5-8-20-11-13(19)10-18-15-7-6-12(17)9-14(15)16/h6-7,9,13,18-19H,2-5,8,10-11H2,1H3. The van der Waals surface area contributed by atoms with Crippen LogP contribution in [0.25, 0.3) is 0 Å². The molecule has 0 heterocycles. The number of anilines is 1. The molecule has 0 amide bonds. The number of rotatable bonds is 10. The van der Waals surface area contributed by atoms with E-state index in [2.05, 4.69) is 34.8 Å². The Labute approximate surface area is 140 Å². The Morgan fingerprint density at radius 3 is 2.85 bits per heavy atom. The zero-order valence-corrected chi connectivity index (χ0v) is 14.8. The van der Waals surface area contributed by atoms with Gasteiger partial charge in [-0.1, -0.05) is 37.8 Å². The van der Waals surface area contributed by atoms with Crippen LogP contribution in [0.5, 0.6) is 0 Å². The van der Waals surface area contributed by atoms with E-state index < -0.39 is 6.10 Å². The van der Waals surface area contributed by atoms with Crippen LogP contribution < -0.4 is 5.32 Å². The van der Waals surface area contributed by atoms with Crippen LogP contribution in [0.2, 0.25) is 5.02 Å². The zero-order valence-electron chi connectivity index (χ0n) is 11.9. The summed E-state index contributed by atoms with van der Waals surface area (Å²) in [5, 5.41) is 13.6. The SMILES string of the molecule is CCCCCCOCC(O)CNc1ccc(I)cc1Cl. The summed E-state index contributed by atoms with van der Waals surface area (Å²) >= 11 is 8.32. The minimum atomic E-state index is -0.517. The van der Waals surface area contributed by atoms with Gasteiger partial charge in [-0.25, -0.2) is 0 Å². The lowest BCUT2D eigenvalue weighted by Crippen LogP contribution is -2.25. The van der Waals surface area contributed by atoms with Gasteiger partial charge >= 0.3 is 0 Å². The molecule has 1 unspecified atom stereocenters. The van der Waals surface area contributed by atoms with Crippen molar-refractivity contribution in [2.75, 3.05) is 25.1 Å². The number of benzene rings is 1. The number of hydrogen-bond donors (Lipinski definition) is 2. The first kappa shape index (κ1) is 18.0. The monoisotopic (exact) mass is 411 g/mol. The summed E-state index contributed by atoms with van der Waals surface area (Å²) in [6.45, 7) is 3.71. The molecule has 0 saturated carbocycles. The Morgan fingerprint density at radius 2 is 2.15 bits per heavy atom. The van der Waals surface area contributed by atoms with E-state index in [1.807, 2.05) is 18.2 Å². The van der Waals surface area contributed by atoms with Crippen LogP contribution >= 0.6 is 34.2 Å². The minimum absolute atomic E-state index is 0.362. The van der Waals surface area contributed by atoms with Crippen molar-refractivity contribution in [1.82, 2.24) is 0 Å². The highest BCUT2D eigenvalue weighted by Crippen LogP contribution is 2.23. The lowest BCUT2D eigenvalue weighted by atomic mass is 10.2. The quantitative estimate of drug-likeness (QED) is 0.445. The molecule has 0 aromatic heterocycles. The van der Waals surface area contributed by atoms with Gasteiger partial charge < -0.3 is 15.2 Å². The maximum absolute atomic E-state index is 9.83. The average molecular weight is 412 g/mol. The molecule has 0 spiro atoms. The fourth-order valence-electron chi connectivity index (χ4n) is 1.77. The van der Waals surface area contributed by atoms with Gasteiger partial charge in [-0.3, -0.25) is 0 Å². The molecule has 0 saturated heterocycles. The average Bonchev–Trinajstić information content (AvgIpc) is 2.41. The largest absolute Gasteiger partial charge is 0.389 e. The van der Waals surface area contributed by atoms with Crippen LogP contribution in [0, 0.1) is 3.57 Å². The molecular weight excluding hydrogens is 389 g/mol. The molecular formula is C15H23ClINO2. The van der Waals surface area contributed by atoms with Gasteiger partial charge in [0.1, 0.15) is 0 Å². The highest BCUT2D eigenvalue weighted by Gasteiger charge is 2.06. The molecule has 1 rings (SSSR count). The third-order valence-corrected chi connectivity index (χ3v) is 3.90. The predicted molar refractivity (Wildman–Crippen MR) is 93.6 cm³/mol. The number of hydrogen-bond acceptors (Lipinski definition) is 3. The maximum atomic E-state index is 9.83. The molecule has 5 heteroatoms. The normalized spacial score (nSPS) is 12.4. The number of aliphatic hydroxyl groups excluding tert-OH is 1. The molecule has 1 atom stereocenters. The van der Waals surface area contributed by atoms with Crippen LogP contribution in [-0.4, -0.2) is 31.0 Å². The van der Waals surface area contributed by atoms with E-state index in [0.29, 0.717) is 18.2 Å². The molecule has 1 aromatic carbocycles. The Kier molecular flexibility index (Phi) is 9.59. The molecule has 20 heavy (non-hydrogen) atoms. The molecule has 0 bridgehead atoms. The predicted octanol–water partition coefficient (Wildman–Crippen LogP) is 4.31. The zero-order chi connectivity index (χ0) is 14.8. The van der Waals surface area contributed by atoms with Crippen molar-refractivity contribution in [2.45, 2.75) is 38.7 Å². The van der Waals surface area contributed by atoms with Gasteiger partial charge in [-0.05, 0) is 47.2 Å². The van der Waals surface area contributed by atoms with E-state index >= 15 is 0 Å². The van der Waals surface area contributed by atoms with Gasteiger partial charge in [0.25, 0.3) is 0 Å². The van der Waals surface area contributed by atoms with Crippen molar-refractivity contribution in [2.24, 2.45) is 0 Å². The summed E-state index contributed by atoms with van der Waals surface area (Å²) in [4.78, 5) is 0. The second-order valence-electron chi connectivity index (χ2n) is 4.79. The fraction of sp³-hybridized carbons (Fsp3) is 0.600. The molecule has 0 fully saturated rings. The van der Waals surface area contributed by atoms with E-state index in [9.17, 15) is 5.11 Å². The first-order valence-corrected chi connectivity index (χ1v) is 8.54. The third kappa shape index (κ3) is 7.67. The topological polar surface area (TPSA) is 41.5 Å². The van der Waals surface area contributed by atoms with Crippen LogP contribution in [-0.2, 0) is 4.74 Å². The van der Waals surface area contributed by atoms with Gasteiger partial charge in [0.2, 0.25) is 0 Å². The first-order valence-electron chi connectivity index (χ1n) is 7.08. The van der Waals surface area contributed by atoms with Gasteiger partial charge in [0.05, 0.1) is 23.4 Å². The van der Waals surface area contributed by atoms with Gasteiger partial charge in [-0.2, -0.15) is 0 Å². The van der Waals surface area contributed by atoms with E-state index in [4.69, 9.17) is 16.3 Å². The fourth-order valence-corrected chi connectivity index (χ4v) is 2.69. The summed E-state index contributed by atoms with van der Waals surface area (Å²) < 4.78 is 6.55. The summed E-state index contributed by atoms with van der Waals surface area (Å²) in [6, 6.07) is 5.79. The van der Waals surface area contributed by atoms with Crippen molar-refractivity contribution in [3.63, 3.8) is 0 Å². The van der Waals surface area contributed by atoms with Gasteiger partial charge in [-0.15, -0.1) is 0 Å². The van der Waals surface area contributed by atoms with E-state index in [1.165, 1.54) is 19.3 Å². The second-order valence-corrected chi connectivity index (χ2v) is 6.45. The molecule has 0 radical (unpaired) electrons. The smallest absolute Gasteiger partial charge is 0.0945 e. The van der Waals surface area contributed by atoms with E-state index in [0.717, 1.165) is 22.3 Å². The third-order valence-electron chi connectivity index (χ3n) is 2.91. The van der Waals surface area contributed by atoms with Crippen molar-refractivity contribution in [3.05, 3.63) is 26.8 Å². The Hall–Kier alpha value is -0.0400. The summed E-state index contributed by atoms with van der Waals surface area (Å²) in [5.74, 6) is 0. The molecule has 2 N–H and O–H groups in total. The minimum Gasteiger partial charge on any atom is -0.389 e. The van der Waals surface area contributed by atoms with Crippen LogP contribution in [0.15, 0.2) is 18.2 Å². The highest BCUT2D eigenvalue weighted by molar-refractivity contribution is 14.1. The van der Waals surface area contributed by atoms with Crippen molar-refractivity contribution < 1.29 is 9.84 Å². The lowest BCUT2D eigenvalue weighted by Gasteiger charge is -2.14. The van der Waals surface area contributed by atoms with Gasteiger partial charge in [0, 0.05) is 16.7 Å². The molecule has 1 aromatic rings. The van der Waals surface area contributed by atoms with Crippen LogP contribution in [0.4, 0.5) is 5.69 Å². The van der Waals surface area contributed by atoms with Crippen LogP contribution in [0.3, 0.4) is 0 Å². The summed E-state index contributed by atoms with van der Waals surface area (Å²) in [5.41, 5.74) is 0.842. The van der Waals surface area contributed by atoms with Crippen molar-refractivity contribution in [3.8, 4) is 0 Å². The number of unbranched alkanes of at least 4 members (excludes halogenated alkanes) is 3. The Bertz CT molecular complexity index is 390. The molecule has 114 valence electrons. The maximum Gasteiger partial charge on any atom is 0.0945 e. The highest BCUT2D eigenvalue weighted by atomic mass is 127. The Balaban J connectivity index is 2.14. The molecule has 0 aliphatic carbocycles. The number of aliphatic hydroxyl groups is 1. The number of ether oxygens (including phenoxy) is 1. The molecule has 0 aliphatic heterocycles. The lowest BCUT2D eigenvalue weighted by molar-refractivity contribution is 0.0417. The van der Waals surface area contributed by atoms with Crippen molar-refractivity contribution in [1.29, 1.82) is 0 Å². The Morgan fingerprint density at radius 1 is 1.35 bits per heavy atom. The number of nitrogens with one attached hydrogen (secondary N) is 1. The molecule has 0 aliphatic rings. The van der Waals surface area contributed by atoms with Gasteiger partial charge in [0.15, 0.2) is 0 Å². The summed E-state index contributed by atoms with van der Waals surface area (Å²) in [7, 11) is 0. The van der Waals surface area contributed by atoms with Crippen molar-refractivity contribution >= 4 is 39.9 Å². The first-order chi connectivity index (χ1) is 9.63. The van der Waals surface area contributed by atoms with E-state index in [1.54, 1.807) is 0 Å². The van der Waals surface area contributed by atoms with E-state index in [-0.39, 0.29) is 0 Å². The number of halogens is 2.